The van der Waals surface area contributed by atoms with E-state index < -0.39 is 0 Å². The molecule has 1 saturated carbocycles. The maximum Gasteiger partial charge on any atom is 0.251 e. The third-order valence-corrected chi connectivity index (χ3v) is 4.75. The minimum absolute atomic E-state index is 0.0715. The van der Waals surface area contributed by atoms with Crippen molar-refractivity contribution in [2.75, 3.05) is 18.5 Å². The van der Waals surface area contributed by atoms with Crippen molar-refractivity contribution in [3.63, 3.8) is 0 Å². The van der Waals surface area contributed by atoms with Crippen molar-refractivity contribution in [3.05, 3.63) is 53.6 Å². The summed E-state index contributed by atoms with van der Waals surface area (Å²) in [6, 6.07) is 12.7. The highest BCUT2D eigenvalue weighted by atomic mass is 16.6. The molecule has 0 aromatic heterocycles. The van der Waals surface area contributed by atoms with E-state index in [-0.39, 0.29) is 17.9 Å². The SMILES string of the molecule is CC(=O)Nc1cccc(C(=O)NC(c2ccc3c(c2)OCCO3)C2CC2)c1. The standard InChI is InChI=1S/C21H22N2O4/c1-13(24)22-17-4-2-3-16(11-17)21(25)23-20(14-5-6-14)15-7-8-18-19(12-15)27-10-9-26-18/h2-4,7-8,11-12,14,20H,5-6,9-10H2,1H3,(H,22,24)(H,23,25). The van der Waals surface area contributed by atoms with Gasteiger partial charge >= 0.3 is 0 Å². The van der Waals surface area contributed by atoms with E-state index in [1.807, 2.05) is 18.2 Å². The minimum atomic E-state index is -0.167. The molecule has 1 atom stereocenters. The molecule has 1 unspecified atom stereocenters. The van der Waals surface area contributed by atoms with Crippen molar-refractivity contribution in [1.29, 1.82) is 0 Å². The molecule has 0 saturated heterocycles. The van der Waals surface area contributed by atoms with Crippen LogP contribution in [0.5, 0.6) is 11.5 Å². The lowest BCUT2D eigenvalue weighted by Crippen LogP contribution is -2.30. The molecule has 4 rings (SSSR count). The summed E-state index contributed by atoms with van der Waals surface area (Å²) >= 11 is 0. The van der Waals surface area contributed by atoms with Gasteiger partial charge in [-0.15, -0.1) is 0 Å². The Morgan fingerprint density at radius 2 is 1.81 bits per heavy atom. The number of nitrogens with one attached hydrogen (secondary N) is 2. The lowest BCUT2D eigenvalue weighted by Gasteiger charge is -2.23. The highest BCUT2D eigenvalue weighted by Crippen LogP contribution is 2.43. The van der Waals surface area contributed by atoms with Crippen LogP contribution in [0.2, 0.25) is 0 Å². The van der Waals surface area contributed by atoms with Gasteiger partial charge in [0.25, 0.3) is 5.91 Å². The van der Waals surface area contributed by atoms with E-state index in [0.29, 0.717) is 30.4 Å². The van der Waals surface area contributed by atoms with Gasteiger partial charge in [0.1, 0.15) is 13.2 Å². The van der Waals surface area contributed by atoms with Crippen molar-refractivity contribution in [1.82, 2.24) is 5.32 Å². The first-order valence-corrected chi connectivity index (χ1v) is 9.18. The van der Waals surface area contributed by atoms with Crippen molar-refractivity contribution in [2.45, 2.75) is 25.8 Å². The fourth-order valence-corrected chi connectivity index (χ4v) is 3.32. The maximum atomic E-state index is 12.8. The van der Waals surface area contributed by atoms with Gasteiger partial charge in [0.05, 0.1) is 6.04 Å². The number of carbonyl (C=O) groups is 2. The van der Waals surface area contributed by atoms with Crippen molar-refractivity contribution >= 4 is 17.5 Å². The second-order valence-electron chi connectivity index (χ2n) is 6.95. The number of anilines is 1. The summed E-state index contributed by atoms with van der Waals surface area (Å²) in [5.41, 5.74) is 2.15. The predicted molar refractivity (Wildman–Crippen MR) is 101 cm³/mol. The number of benzene rings is 2. The normalized spacial score (nSPS) is 16.3. The summed E-state index contributed by atoms with van der Waals surface area (Å²) in [6.45, 7) is 2.53. The van der Waals surface area contributed by atoms with Gasteiger partial charge in [-0.25, -0.2) is 0 Å². The van der Waals surface area contributed by atoms with Gasteiger partial charge in [-0.05, 0) is 54.7 Å². The molecule has 6 heteroatoms. The van der Waals surface area contributed by atoms with Crippen LogP contribution in [0.15, 0.2) is 42.5 Å². The molecule has 0 radical (unpaired) electrons. The molecule has 2 aromatic carbocycles. The van der Waals surface area contributed by atoms with Crippen LogP contribution in [0.25, 0.3) is 0 Å². The van der Waals surface area contributed by atoms with Gasteiger partial charge in [-0.3, -0.25) is 9.59 Å². The Kier molecular flexibility index (Phi) is 4.71. The Balaban J connectivity index is 1.54. The van der Waals surface area contributed by atoms with Gasteiger partial charge in [0.15, 0.2) is 11.5 Å². The van der Waals surface area contributed by atoms with E-state index in [0.717, 1.165) is 29.9 Å². The van der Waals surface area contributed by atoms with Gasteiger partial charge < -0.3 is 20.1 Å². The van der Waals surface area contributed by atoms with Crippen molar-refractivity contribution in [3.8, 4) is 11.5 Å². The van der Waals surface area contributed by atoms with Gasteiger partial charge in [0, 0.05) is 18.2 Å². The van der Waals surface area contributed by atoms with E-state index >= 15 is 0 Å². The van der Waals surface area contributed by atoms with E-state index in [1.165, 1.54) is 6.92 Å². The zero-order chi connectivity index (χ0) is 18.8. The molecule has 0 bridgehead atoms. The number of fused-ring (bicyclic) bond motifs is 1. The molecule has 1 fully saturated rings. The Morgan fingerprint density at radius 1 is 1.04 bits per heavy atom. The molecule has 2 aliphatic rings. The maximum absolute atomic E-state index is 12.8. The first-order valence-electron chi connectivity index (χ1n) is 9.18. The van der Waals surface area contributed by atoms with Crippen LogP contribution in [0.3, 0.4) is 0 Å². The van der Waals surface area contributed by atoms with E-state index in [9.17, 15) is 9.59 Å². The first-order chi connectivity index (χ1) is 13.1. The summed E-state index contributed by atoms with van der Waals surface area (Å²) in [4.78, 5) is 24.0. The third-order valence-electron chi connectivity index (χ3n) is 4.75. The van der Waals surface area contributed by atoms with Crippen molar-refractivity contribution in [2.24, 2.45) is 5.92 Å². The van der Waals surface area contributed by atoms with Crippen LogP contribution in [0.1, 0.15) is 41.7 Å². The summed E-state index contributed by atoms with van der Waals surface area (Å²) in [7, 11) is 0. The molecule has 1 aliphatic heterocycles. The van der Waals surface area contributed by atoms with E-state index in [2.05, 4.69) is 10.6 Å². The zero-order valence-corrected chi connectivity index (χ0v) is 15.2. The number of hydrogen-bond acceptors (Lipinski definition) is 4. The Bertz CT molecular complexity index is 876. The molecule has 1 aliphatic carbocycles. The summed E-state index contributed by atoms with van der Waals surface area (Å²) in [5.74, 6) is 1.57. The average Bonchev–Trinajstić information content (AvgIpc) is 3.50. The Hall–Kier alpha value is -3.02. The zero-order valence-electron chi connectivity index (χ0n) is 15.2. The van der Waals surface area contributed by atoms with Gasteiger partial charge in [0.2, 0.25) is 5.91 Å². The molecule has 2 N–H and O–H groups in total. The van der Waals surface area contributed by atoms with Gasteiger partial charge in [-0.1, -0.05) is 12.1 Å². The van der Waals surface area contributed by atoms with Gasteiger partial charge in [-0.2, -0.15) is 0 Å². The van der Waals surface area contributed by atoms with Crippen LogP contribution in [-0.4, -0.2) is 25.0 Å². The molecular weight excluding hydrogens is 344 g/mol. The van der Waals surface area contributed by atoms with Crippen LogP contribution >= 0.6 is 0 Å². The number of rotatable bonds is 5. The van der Waals surface area contributed by atoms with Crippen LogP contribution in [0, 0.1) is 5.92 Å². The summed E-state index contributed by atoms with van der Waals surface area (Å²) < 4.78 is 11.3. The fraction of sp³-hybridized carbons (Fsp3) is 0.333. The van der Waals surface area contributed by atoms with Crippen LogP contribution < -0.4 is 20.1 Å². The fourth-order valence-electron chi connectivity index (χ4n) is 3.32. The highest BCUT2D eigenvalue weighted by molar-refractivity contribution is 5.97. The third kappa shape index (κ3) is 4.05. The first kappa shape index (κ1) is 17.4. The monoisotopic (exact) mass is 366 g/mol. The molecule has 0 spiro atoms. The lowest BCUT2D eigenvalue weighted by atomic mass is 10.0. The number of hydrogen-bond donors (Lipinski definition) is 2. The van der Waals surface area contributed by atoms with Crippen LogP contribution in [-0.2, 0) is 4.79 Å². The number of carbonyl (C=O) groups excluding carboxylic acids is 2. The minimum Gasteiger partial charge on any atom is -0.486 e. The quantitative estimate of drug-likeness (QED) is 0.851. The van der Waals surface area contributed by atoms with Crippen LogP contribution in [0.4, 0.5) is 5.69 Å². The number of ether oxygens (including phenoxy) is 2. The molecule has 2 amide bonds. The summed E-state index contributed by atoms with van der Waals surface area (Å²) in [6.07, 6.45) is 2.18. The molecule has 140 valence electrons. The van der Waals surface area contributed by atoms with E-state index in [1.54, 1.807) is 24.3 Å². The lowest BCUT2D eigenvalue weighted by molar-refractivity contribution is -0.114. The molecule has 6 nitrogen and oxygen atoms in total. The molecule has 27 heavy (non-hydrogen) atoms. The molecule has 2 aromatic rings. The number of amides is 2. The highest BCUT2D eigenvalue weighted by Gasteiger charge is 2.34. The molecule has 1 heterocycles. The smallest absolute Gasteiger partial charge is 0.251 e. The Labute approximate surface area is 157 Å². The topological polar surface area (TPSA) is 76.7 Å². The predicted octanol–water partition coefficient (Wildman–Crippen LogP) is 3.30. The second kappa shape index (κ2) is 7.31. The largest absolute Gasteiger partial charge is 0.486 e. The van der Waals surface area contributed by atoms with E-state index in [4.69, 9.17) is 9.47 Å². The van der Waals surface area contributed by atoms with Crippen molar-refractivity contribution < 1.29 is 19.1 Å². The average molecular weight is 366 g/mol. The Morgan fingerprint density at radius 3 is 2.56 bits per heavy atom. The molecular formula is C21H22N2O4. The second-order valence-corrected chi connectivity index (χ2v) is 6.95. The summed E-state index contributed by atoms with van der Waals surface area (Å²) in [5, 5.41) is 5.86.